The van der Waals surface area contributed by atoms with Crippen molar-refractivity contribution >= 4 is 45.0 Å². The van der Waals surface area contributed by atoms with Gasteiger partial charge in [-0.3, -0.25) is 9.69 Å². The van der Waals surface area contributed by atoms with Crippen LogP contribution in [0.3, 0.4) is 0 Å². The van der Waals surface area contributed by atoms with E-state index in [0.29, 0.717) is 10.9 Å². The molecule has 1 amide bonds. The maximum atomic E-state index is 12.5. The smallest absolute Gasteiger partial charge is 0.240 e. The number of amides is 1. The molecule has 0 aromatic heterocycles. The fourth-order valence-corrected chi connectivity index (χ4v) is 5.18. The Morgan fingerprint density at radius 2 is 1.80 bits per heavy atom. The SMILES string of the molecule is O=C1CSC(c2ccccc2)N1c1nnc2c3ccccc3nc-2s1. The average molecular weight is 364 g/mol. The quantitative estimate of drug-likeness (QED) is 0.539. The molecule has 122 valence electrons. The lowest BCUT2D eigenvalue weighted by Crippen LogP contribution is -2.28. The number of rotatable bonds is 2. The molecular weight excluding hydrogens is 352 g/mol. The molecule has 0 radical (unpaired) electrons. The summed E-state index contributed by atoms with van der Waals surface area (Å²) in [5.41, 5.74) is 2.79. The van der Waals surface area contributed by atoms with Gasteiger partial charge in [0.15, 0.2) is 0 Å². The minimum absolute atomic E-state index is 0.0554. The maximum Gasteiger partial charge on any atom is 0.240 e. The molecule has 0 N–H and O–H groups in total. The van der Waals surface area contributed by atoms with E-state index in [1.807, 2.05) is 54.6 Å². The van der Waals surface area contributed by atoms with E-state index < -0.39 is 0 Å². The minimum atomic E-state index is -0.0684. The first-order valence-corrected chi connectivity index (χ1v) is 9.68. The van der Waals surface area contributed by atoms with Crippen LogP contribution in [0.25, 0.3) is 21.6 Å². The normalized spacial score (nSPS) is 17.7. The molecule has 0 aliphatic carbocycles. The van der Waals surface area contributed by atoms with Crippen LogP contribution >= 0.6 is 23.1 Å². The Morgan fingerprint density at radius 3 is 2.68 bits per heavy atom. The zero-order valence-electron chi connectivity index (χ0n) is 13.0. The van der Waals surface area contributed by atoms with Gasteiger partial charge < -0.3 is 0 Å². The fourth-order valence-electron chi connectivity index (χ4n) is 3.01. The first kappa shape index (κ1) is 14.8. The van der Waals surface area contributed by atoms with Crippen LogP contribution in [-0.4, -0.2) is 26.8 Å². The highest BCUT2D eigenvalue weighted by atomic mass is 32.2. The van der Waals surface area contributed by atoms with Crippen molar-refractivity contribution in [1.29, 1.82) is 0 Å². The van der Waals surface area contributed by atoms with Crippen LogP contribution in [0.4, 0.5) is 5.13 Å². The molecule has 1 atom stereocenters. The summed E-state index contributed by atoms with van der Waals surface area (Å²) in [7, 11) is 0. The third-order valence-corrected chi connectivity index (χ3v) is 6.32. The Kier molecular flexibility index (Phi) is 3.43. The monoisotopic (exact) mass is 364 g/mol. The second-order valence-electron chi connectivity index (χ2n) is 5.71. The summed E-state index contributed by atoms with van der Waals surface area (Å²) in [4.78, 5) is 18.9. The number of hydrogen-bond donors (Lipinski definition) is 0. The van der Waals surface area contributed by atoms with Crippen molar-refractivity contribution in [3.63, 3.8) is 0 Å². The number of nitrogens with zero attached hydrogens (tertiary/aromatic N) is 4. The van der Waals surface area contributed by atoms with Crippen molar-refractivity contribution in [2.45, 2.75) is 5.37 Å². The molecule has 3 heterocycles. The summed E-state index contributed by atoms with van der Waals surface area (Å²) in [6.07, 6.45) is 0. The van der Waals surface area contributed by atoms with E-state index in [1.165, 1.54) is 11.3 Å². The average Bonchev–Trinajstić information content (AvgIpc) is 3.22. The van der Waals surface area contributed by atoms with Crippen LogP contribution in [0.1, 0.15) is 10.9 Å². The summed E-state index contributed by atoms with van der Waals surface area (Å²) in [6.45, 7) is 0. The third-order valence-electron chi connectivity index (χ3n) is 4.17. The van der Waals surface area contributed by atoms with Gasteiger partial charge in [-0.1, -0.05) is 59.9 Å². The Hall–Kier alpha value is -2.51. The van der Waals surface area contributed by atoms with E-state index in [1.54, 1.807) is 16.7 Å². The lowest BCUT2D eigenvalue weighted by atomic mass is 10.2. The lowest BCUT2D eigenvalue weighted by Gasteiger charge is -2.22. The summed E-state index contributed by atoms with van der Waals surface area (Å²) < 4.78 is 0. The molecule has 1 saturated heterocycles. The van der Waals surface area contributed by atoms with E-state index in [2.05, 4.69) is 15.2 Å². The van der Waals surface area contributed by atoms with Crippen molar-refractivity contribution in [1.82, 2.24) is 15.2 Å². The van der Waals surface area contributed by atoms with Gasteiger partial charge in [0.25, 0.3) is 0 Å². The Balaban J connectivity index is 1.62. The predicted molar refractivity (Wildman–Crippen MR) is 101 cm³/mol. The molecule has 2 aromatic rings. The topological polar surface area (TPSA) is 59.0 Å². The van der Waals surface area contributed by atoms with Gasteiger partial charge in [-0.2, -0.15) is 0 Å². The van der Waals surface area contributed by atoms with Crippen molar-refractivity contribution in [3.05, 3.63) is 60.2 Å². The number of carbonyl (C=O) groups excluding carboxylic acids is 1. The zero-order valence-corrected chi connectivity index (χ0v) is 14.6. The Labute approximate surface area is 152 Å². The van der Waals surface area contributed by atoms with Gasteiger partial charge in [0.05, 0.1) is 11.3 Å². The van der Waals surface area contributed by atoms with Gasteiger partial charge >= 0.3 is 0 Å². The first-order chi connectivity index (χ1) is 12.3. The van der Waals surface area contributed by atoms with Gasteiger partial charge in [0.2, 0.25) is 11.0 Å². The van der Waals surface area contributed by atoms with Crippen LogP contribution in [0.2, 0.25) is 0 Å². The van der Waals surface area contributed by atoms with Crippen molar-refractivity contribution in [2.24, 2.45) is 0 Å². The summed E-state index contributed by atoms with van der Waals surface area (Å²) in [6, 6.07) is 17.9. The molecule has 1 unspecified atom stereocenters. The van der Waals surface area contributed by atoms with Gasteiger partial charge in [-0.15, -0.1) is 22.0 Å². The van der Waals surface area contributed by atoms with Gasteiger partial charge in [0.1, 0.15) is 16.1 Å². The van der Waals surface area contributed by atoms with Gasteiger partial charge in [-0.05, 0) is 11.6 Å². The zero-order chi connectivity index (χ0) is 16.8. The largest absolute Gasteiger partial charge is 0.273 e. The molecule has 1 fully saturated rings. The van der Waals surface area contributed by atoms with E-state index >= 15 is 0 Å². The minimum Gasteiger partial charge on any atom is -0.273 e. The fraction of sp³-hybridized carbons (Fsp3) is 0.111. The Morgan fingerprint density at radius 1 is 1.00 bits per heavy atom. The summed E-state index contributed by atoms with van der Waals surface area (Å²) in [5.74, 6) is 0.502. The van der Waals surface area contributed by atoms with Crippen LogP contribution in [0.15, 0.2) is 54.6 Å². The highest BCUT2D eigenvalue weighted by Gasteiger charge is 2.36. The predicted octanol–water partition coefficient (Wildman–Crippen LogP) is 3.97. The molecule has 3 aliphatic heterocycles. The third kappa shape index (κ3) is 2.39. The standard InChI is InChI=1S/C18H12N4OS2/c23-14-10-24-17(11-6-2-1-3-7-11)22(14)18-21-20-15-12-8-4-5-9-13(12)19-16(15)25-18/h1-9,17H,10H2. The van der Waals surface area contributed by atoms with Crippen LogP contribution in [-0.2, 0) is 4.79 Å². The number of fused-ring (bicyclic) bond motifs is 3. The maximum absolute atomic E-state index is 12.5. The number of anilines is 1. The van der Waals surface area contributed by atoms with E-state index in [4.69, 9.17) is 0 Å². The van der Waals surface area contributed by atoms with Crippen molar-refractivity contribution in [2.75, 3.05) is 10.7 Å². The molecule has 7 heteroatoms. The second kappa shape index (κ2) is 5.79. The molecule has 3 aliphatic rings. The molecule has 0 spiro atoms. The van der Waals surface area contributed by atoms with Crippen LogP contribution in [0.5, 0.6) is 0 Å². The molecule has 2 aromatic carbocycles. The second-order valence-corrected chi connectivity index (χ2v) is 7.73. The molecule has 0 saturated carbocycles. The van der Waals surface area contributed by atoms with Crippen molar-refractivity contribution < 1.29 is 4.79 Å². The molecule has 5 rings (SSSR count). The summed E-state index contributed by atoms with van der Waals surface area (Å²) >= 11 is 3.03. The number of benzene rings is 2. The number of para-hydroxylation sites is 1. The van der Waals surface area contributed by atoms with Gasteiger partial charge in [-0.25, -0.2) is 4.98 Å². The molecular formula is C18H12N4OS2. The van der Waals surface area contributed by atoms with E-state index in [-0.39, 0.29) is 11.3 Å². The van der Waals surface area contributed by atoms with Crippen molar-refractivity contribution in [3.8, 4) is 10.7 Å². The number of carbonyl (C=O) groups is 1. The first-order valence-electron chi connectivity index (χ1n) is 7.82. The highest BCUT2D eigenvalue weighted by Crippen LogP contribution is 2.44. The van der Waals surface area contributed by atoms with Crippen LogP contribution in [0, 0.1) is 0 Å². The number of hydrogen-bond acceptors (Lipinski definition) is 6. The van der Waals surface area contributed by atoms with E-state index in [9.17, 15) is 4.79 Å². The number of thioether (sulfide) groups is 1. The van der Waals surface area contributed by atoms with Crippen LogP contribution < -0.4 is 4.90 Å². The molecule has 0 bridgehead atoms. The number of aromatic nitrogens is 3. The Bertz CT molecular complexity index is 1050. The summed E-state index contributed by atoms with van der Waals surface area (Å²) in [5, 5.41) is 11.1. The van der Waals surface area contributed by atoms with E-state index in [0.717, 1.165) is 27.2 Å². The molecule has 25 heavy (non-hydrogen) atoms. The lowest BCUT2D eigenvalue weighted by molar-refractivity contribution is -0.115. The highest BCUT2D eigenvalue weighted by molar-refractivity contribution is 8.00. The molecule has 5 nitrogen and oxygen atoms in total. The van der Waals surface area contributed by atoms with Gasteiger partial charge in [0, 0.05) is 5.39 Å².